The van der Waals surface area contributed by atoms with Crippen LogP contribution in [0.15, 0.2) is 48.5 Å². The van der Waals surface area contributed by atoms with Crippen molar-refractivity contribution in [3.05, 3.63) is 59.7 Å². The monoisotopic (exact) mass is 384 g/mol. The van der Waals surface area contributed by atoms with E-state index >= 15 is 0 Å². The number of anilines is 2. The van der Waals surface area contributed by atoms with Crippen molar-refractivity contribution in [1.82, 2.24) is 0 Å². The summed E-state index contributed by atoms with van der Waals surface area (Å²) in [5.74, 6) is -0.632. The van der Waals surface area contributed by atoms with Crippen molar-refractivity contribution in [3.8, 4) is 0 Å². The molecule has 27 heavy (non-hydrogen) atoms. The fourth-order valence-corrected chi connectivity index (χ4v) is 3.60. The molecule has 0 aliphatic carbocycles. The van der Waals surface area contributed by atoms with Crippen LogP contribution in [0.2, 0.25) is 0 Å². The largest absolute Gasteiger partial charge is 0.341 e. The molecule has 140 valence electrons. The molecule has 0 aromatic heterocycles. The second kappa shape index (κ2) is 6.46. The molecule has 0 bridgehead atoms. The molecule has 2 aromatic rings. The van der Waals surface area contributed by atoms with Crippen molar-refractivity contribution in [2.45, 2.75) is 38.4 Å². The van der Waals surface area contributed by atoms with E-state index in [9.17, 15) is 18.7 Å². The average Bonchev–Trinajstić information content (AvgIpc) is 2.82. The standard InChI is InChI=1S/C20H21N2O4P/c1-19(2)15-11-10-13(17(23)21-14-8-6-5-7-9-14)12-16(15)22(18(19)24)20(3,4)27(25)26/h5-12H,1-4H3,(H,21,23). The van der Waals surface area contributed by atoms with Crippen molar-refractivity contribution < 1.29 is 18.7 Å². The van der Waals surface area contributed by atoms with Crippen LogP contribution in [0.25, 0.3) is 0 Å². The molecule has 0 unspecified atom stereocenters. The van der Waals surface area contributed by atoms with E-state index in [1.807, 2.05) is 18.2 Å². The maximum Gasteiger partial charge on any atom is 0.341 e. The Morgan fingerprint density at radius 2 is 1.70 bits per heavy atom. The van der Waals surface area contributed by atoms with Crippen LogP contribution in [-0.2, 0) is 19.3 Å². The second-order valence-corrected chi connectivity index (χ2v) is 9.18. The van der Waals surface area contributed by atoms with Crippen LogP contribution in [0.1, 0.15) is 43.6 Å². The van der Waals surface area contributed by atoms with Crippen molar-refractivity contribution >= 4 is 30.9 Å². The number of rotatable bonds is 4. The summed E-state index contributed by atoms with van der Waals surface area (Å²) in [5.41, 5.74) is 1.29. The number of amides is 2. The van der Waals surface area contributed by atoms with Gasteiger partial charge in [-0.2, -0.15) is 0 Å². The number of carbonyl (C=O) groups is 2. The number of benzene rings is 2. The van der Waals surface area contributed by atoms with Gasteiger partial charge in [0.05, 0.1) is 11.1 Å². The highest BCUT2D eigenvalue weighted by molar-refractivity contribution is 7.33. The Morgan fingerprint density at radius 3 is 2.30 bits per heavy atom. The number of nitrogens with one attached hydrogen (secondary N) is 1. The molecule has 0 radical (unpaired) electrons. The topological polar surface area (TPSA) is 83.6 Å². The predicted molar refractivity (Wildman–Crippen MR) is 104 cm³/mol. The third-order valence-corrected chi connectivity index (χ3v) is 6.03. The lowest BCUT2D eigenvalue weighted by Gasteiger charge is -2.30. The normalized spacial score (nSPS) is 15.4. The Kier molecular flexibility index (Phi) is 4.56. The van der Waals surface area contributed by atoms with E-state index in [2.05, 4.69) is 5.32 Å². The smallest absolute Gasteiger partial charge is 0.322 e. The van der Waals surface area contributed by atoms with Gasteiger partial charge < -0.3 is 5.32 Å². The molecular formula is C20H21N2O4P. The van der Waals surface area contributed by atoms with Gasteiger partial charge in [0.25, 0.3) is 5.91 Å². The lowest BCUT2D eigenvalue weighted by molar-refractivity contribution is -0.122. The Bertz CT molecular complexity index is 986. The van der Waals surface area contributed by atoms with Crippen LogP contribution in [0.4, 0.5) is 11.4 Å². The van der Waals surface area contributed by atoms with Crippen molar-refractivity contribution in [2.75, 3.05) is 10.2 Å². The minimum absolute atomic E-state index is 0.303. The molecule has 0 spiro atoms. The van der Waals surface area contributed by atoms with Gasteiger partial charge in [-0.15, -0.1) is 0 Å². The quantitative estimate of drug-likeness (QED) is 0.788. The second-order valence-electron chi connectivity index (χ2n) is 7.57. The first kappa shape index (κ1) is 19.1. The van der Waals surface area contributed by atoms with Crippen molar-refractivity contribution in [3.63, 3.8) is 0 Å². The van der Waals surface area contributed by atoms with Crippen molar-refractivity contribution in [1.29, 1.82) is 0 Å². The summed E-state index contributed by atoms with van der Waals surface area (Å²) in [4.78, 5) is 26.9. The minimum Gasteiger partial charge on any atom is -0.322 e. The molecule has 1 heterocycles. The molecule has 7 heteroatoms. The first-order valence-electron chi connectivity index (χ1n) is 8.57. The van der Waals surface area contributed by atoms with Gasteiger partial charge in [0.2, 0.25) is 5.91 Å². The number of fused-ring (bicyclic) bond motifs is 1. The van der Waals surface area contributed by atoms with Gasteiger partial charge in [0.15, 0.2) is 5.28 Å². The molecule has 1 aliphatic rings. The molecule has 1 aliphatic heterocycles. The van der Waals surface area contributed by atoms with Gasteiger partial charge >= 0.3 is 7.68 Å². The third kappa shape index (κ3) is 3.10. The zero-order chi connectivity index (χ0) is 20.0. The van der Waals surface area contributed by atoms with E-state index in [1.165, 1.54) is 18.7 Å². The SMILES string of the molecule is CC1(C)C(=O)N(C(C)(C)P(=O)=O)c2cc(C(=O)Nc3ccccc3)ccc21. The summed E-state index contributed by atoms with van der Waals surface area (Å²) >= 11 is 0. The summed E-state index contributed by atoms with van der Waals surface area (Å²) < 4.78 is 23.6. The number of hydrogen-bond acceptors (Lipinski definition) is 4. The summed E-state index contributed by atoms with van der Waals surface area (Å²) in [6, 6.07) is 14.0. The molecule has 6 nitrogen and oxygen atoms in total. The molecule has 1 N–H and O–H groups in total. The average molecular weight is 384 g/mol. The fourth-order valence-electron chi connectivity index (χ4n) is 3.24. The minimum atomic E-state index is -2.91. The zero-order valence-corrected chi connectivity index (χ0v) is 16.5. The molecule has 0 fully saturated rings. The molecule has 2 amide bonds. The summed E-state index contributed by atoms with van der Waals surface area (Å²) in [5, 5.41) is 1.40. The highest BCUT2D eigenvalue weighted by Crippen LogP contribution is 2.48. The van der Waals surface area contributed by atoms with Gasteiger partial charge in [-0.3, -0.25) is 14.5 Å². The highest BCUT2D eigenvalue weighted by Gasteiger charge is 2.51. The number of hydrogen-bond donors (Lipinski definition) is 1. The van der Waals surface area contributed by atoms with Gasteiger partial charge in [-0.05, 0) is 57.5 Å². The van der Waals surface area contributed by atoms with Crippen LogP contribution < -0.4 is 10.2 Å². The number of carbonyl (C=O) groups excluding carboxylic acids is 2. The Labute approximate surface area is 158 Å². The van der Waals surface area contributed by atoms with Gasteiger partial charge in [-0.25, -0.2) is 9.13 Å². The van der Waals surface area contributed by atoms with E-state index < -0.39 is 18.4 Å². The summed E-state index contributed by atoms with van der Waals surface area (Å²) in [6.07, 6.45) is 0. The lowest BCUT2D eigenvalue weighted by Crippen LogP contribution is -2.46. The maximum absolute atomic E-state index is 13.0. The van der Waals surface area contributed by atoms with Crippen LogP contribution >= 0.6 is 7.68 Å². The molecular weight excluding hydrogens is 363 g/mol. The van der Waals surface area contributed by atoms with Crippen molar-refractivity contribution in [2.24, 2.45) is 0 Å². The Morgan fingerprint density at radius 1 is 1.07 bits per heavy atom. The maximum atomic E-state index is 13.0. The predicted octanol–water partition coefficient (Wildman–Crippen LogP) is 4.47. The van der Waals surface area contributed by atoms with Gasteiger partial charge in [-0.1, -0.05) is 24.3 Å². The Hall–Kier alpha value is -2.72. The fraction of sp³-hybridized carbons (Fsp3) is 0.300. The molecule has 0 saturated carbocycles. The van der Waals surface area contributed by atoms with Crippen LogP contribution in [0, 0.1) is 0 Å². The van der Waals surface area contributed by atoms with E-state index in [1.54, 1.807) is 44.2 Å². The first-order chi connectivity index (χ1) is 12.6. The van der Waals surface area contributed by atoms with Gasteiger partial charge in [0, 0.05) is 11.3 Å². The summed E-state index contributed by atoms with van der Waals surface area (Å²) in [7, 11) is -2.91. The molecule has 0 atom stereocenters. The zero-order valence-electron chi connectivity index (χ0n) is 15.6. The van der Waals surface area contributed by atoms with E-state index in [-0.39, 0.29) is 11.8 Å². The molecule has 3 rings (SSSR count). The first-order valence-corrected chi connectivity index (χ1v) is 9.74. The lowest BCUT2D eigenvalue weighted by atomic mass is 9.86. The van der Waals surface area contributed by atoms with Crippen LogP contribution in [-0.4, -0.2) is 17.1 Å². The van der Waals surface area contributed by atoms with E-state index in [0.29, 0.717) is 22.5 Å². The Balaban J connectivity index is 2.06. The van der Waals surface area contributed by atoms with Crippen LogP contribution in [0.5, 0.6) is 0 Å². The van der Waals surface area contributed by atoms with Gasteiger partial charge in [0.1, 0.15) is 0 Å². The number of nitrogens with zero attached hydrogens (tertiary/aromatic N) is 1. The van der Waals surface area contributed by atoms with E-state index in [4.69, 9.17) is 0 Å². The molecule has 2 aromatic carbocycles. The highest BCUT2D eigenvalue weighted by atomic mass is 31.1. The molecule has 0 saturated heterocycles. The van der Waals surface area contributed by atoms with Crippen LogP contribution in [0.3, 0.4) is 0 Å². The summed E-state index contributed by atoms with van der Waals surface area (Å²) in [6.45, 7) is 6.48. The third-order valence-electron chi connectivity index (χ3n) is 4.94. The number of para-hydroxylation sites is 1. The van der Waals surface area contributed by atoms with E-state index in [0.717, 1.165) is 0 Å².